The van der Waals surface area contributed by atoms with Crippen molar-refractivity contribution in [2.24, 2.45) is 63.8 Å². The Labute approximate surface area is 856 Å². The molecule has 59 nitrogen and oxygen atoms in total. The van der Waals surface area contributed by atoms with E-state index in [0.717, 1.165) is 0 Å². The quantitative estimate of drug-likeness (QED) is 0.0116. The Balaban J connectivity index is 2.37. The summed E-state index contributed by atoms with van der Waals surface area (Å²) in [4.78, 5) is 326. The number of hydrogen-bond donors (Lipinski definition) is 33. The molecular formula is C89H155N33O26. The summed E-state index contributed by atoms with van der Waals surface area (Å²) in [5.41, 5.74) is 38.6. The molecule has 0 unspecified atom stereocenters. The van der Waals surface area contributed by atoms with Gasteiger partial charge in [0.1, 0.15) is 96.9 Å². The van der Waals surface area contributed by atoms with E-state index in [1.165, 1.54) is 30.6 Å². The molecule has 17 atom stereocenters. The maximum atomic E-state index is 14.7. The van der Waals surface area contributed by atoms with Gasteiger partial charge in [0, 0.05) is 45.6 Å². The third-order valence-corrected chi connectivity index (χ3v) is 22.7. The molecule has 2 aliphatic rings. The van der Waals surface area contributed by atoms with Crippen molar-refractivity contribution in [2.75, 3.05) is 72.1 Å². The molecule has 0 aromatic carbocycles. The lowest BCUT2D eigenvalue weighted by molar-refractivity contribution is -0.146. The molecule has 2 rings (SSSR count). The van der Waals surface area contributed by atoms with Gasteiger partial charge in [-0.05, 0) is 147 Å². The van der Waals surface area contributed by atoms with E-state index >= 15 is 0 Å². The van der Waals surface area contributed by atoms with Crippen LogP contribution < -0.4 is 152 Å². The summed E-state index contributed by atoms with van der Waals surface area (Å²) in [5, 5.41) is 93.8. The molecule has 0 aromatic rings. The van der Waals surface area contributed by atoms with Crippen LogP contribution in [0.15, 0.2) is 0 Å². The third kappa shape index (κ3) is 50.3. The molecule has 0 spiro atoms. The highest BCUT2D eigenvalue weighted by Gasteiger charge is 2.44. The van der Waals surface area contributed by atoms with E-state index in [-0.39, 0.29) is 127 Å². The molecule has 0 aromatic heterocycles. The highest BCUT2D eigenvalue weighted by atomic mass is 16.3. The van der Waals surface area contributed by atoms with Gasteiger partial charge >= 0.3 is 0 Å². The molecule has 59 heteroatoms. The molecule has 2 fully saturated rings. The number of primary amides is 3. The first-order valence-corrected chi connectivity index (χ1v) is 48.9. The number of guanidine groups is 3. The SMILES string of the molecule is CC(C)C[C@H](NC(=O)CNC(=O)[C@@H]1CCCN1C(=O)[C@@H]1CCCN1C(=O)CNC(=O)[C@H](CO)NC(=O)[C@@H](N)CCCNC(=N)N)C(=O)N[C@@H](CCC(N)=O)C(=O)NCC(=O)N[C@@H](CCCNC(=N)N)C(=O)N[C@@H](CC(C)C)C(=O)N[C@@H](CCC(N)=O)C(=O)N[C@@H](CCCNC(=N)N)C(=O)N[C@@H](CC(C)C)C(=O)N[C@@H](CC(C)C)C(=O)N[C@@H](C)C(=O)N[C@@H](CO)C(=O)NCC(=O)N[C@@H](CC(N)=O)C(=O)N[C@@H](C)C(=O)N[C@@H](C)C=O. The minimum atomic E-state index is -1.78. The summed E-state index contributed by atoms with van der Waals surface area (Å²) in [5.74, 6) is -24.6. The lowest BCUT2D eigenvalue weighted by Crippen LogP contribution is -2.60. The van der Waals surface area contributed by atoms with Crippen LogP contribution in [0, 0.1) is 39.9 Å². The van der Waals surface area contributed by atoms with Gasteiger partial charge in [-0.15, -0.1) is 0 Å². The zero-order valence-electron chi connectivity index (χ0n) is 85.5. The van der Waals surface area contributed by atoms with Crippen LogP contribution in [0.3, 0.4) is 0 Å². The molecule has 2 heterocycles. The van der Waals surface area contributed by atoms with E-state index in [9.17, 15) is 125 Å². The van der Waals surface area contributed by atoms with E-state index in [4.69, 9.17) is 56.4 Å². The molecule has 0 radical (unpaired) electrons. The number of likely N-dealkylation sites (tertiary alicyclic amines) is 2. The average Bonchev–Trinajstić information content (AvgIpc) is 1.66. The maximum absolute atomic E-state index is 14.7. The molecule has 40 N–H and O–H groups in total. The molecule has 2 saturated heterocycles. The van der Waals surface area contributed by atoms with Crippen LogP contribution >= 0.6 is 0 Å². The zero-order valence-corrected chi connectivity index (χ0v) is 85.5. The van der Waals surface area contributed by atoms with E-state index in [0.29, 0.717) is 25.5 Å². The van der Waals surface area contributed by atoms with E-state index in [1.807, 2.05) is 0 Å². The van der Waals surface area contributed by atoms with Crippen molar-refractivity contribution >= 4 is 160 Å². The molecule has 0 aliphatic carbocycles. The predicted octanol–water partition coefficient (Wildman–Crippen LogP) is -13.8. The second kappa shape index (κ2) is 67.0. The van der Waals surface area contributed by atoms with Crippen LogP contribution in [0.5, 0.6) is 0 Å². The first-order valence-electron chi connectivity index (χ1n) is 48.9. The number of aldehydes is 1. The summed E-state index contributed by atoms with van der Waals surface area (Å²) < 4.78 is 0. The van der Waals surface area contributed by atoms with Crippen molar-refractivity contribution in [3.05, 3.63) is 0 Å². The molecule has 23 amide bonds. The van der Waals surface area contributed by atoms with Crippen LogP contribution in [-0.4, -0.2) is 355 Å². The Morgan fingerprint density at radius 1 is 0.324 bits per heavy atom. The van der Waals surface area contributed by atoms with Crippen LogP contribution in [-0.2, 0) is 115 Å². The standard InChI is InChI=1S/C89H155N33O26/c1-43(2)31-55(111-69(131)38-105-85(147)62-20-15-30-122(62)86(148)63-21-16-29-121(63)70(132)39-106-76(138)61(42-125)120-73(135)50(90)17-12-26-100-87(94)95)82(144)114-53(22-24-64(91)126)74(136)103-36-67(129)110-51(18-13-27-101-88(96)97)77(139)116-57(33-45(5)6)83(145)115-54(23-25-65(92)127)79(141)113-52(19-14-28-102-89(98)99)78(140)117-58(34-46(7)8)84(146)118-56(32-44(3)4)80(142)109-49(11)72(134)119-60(41-124)75(137)104-37-68(130)112-59(35-66(93)128)81(143)108-48(10)71(133)107-47(9)40-123/h40,43-63,124-125H,12-39,41-42,90H2,1-11H3,(H2,91,126)(H2,92,127)(H2,93,128)(H,103,136)(H,104,137)(H,105,147)(H,106,138)(H,107,133)(H,108,143)(H,109,142)(H,110,129)(H,111,131)(H,112,130)(H,113,141)(H,114,144)(H,115,145)(H,116,139)(H,117,140)(H,118,146)(H,119,134)(H,120,135)(H4,94,95,100)(H4,96,97,101)(H4,98,99,102)/t47-,48-,49-,50-,51-,52-,53-,54-,55-,56-,57-,58-,59-,60-,61-,62-,63-/m0/s1. The number of carbonyl (C=O) groups is 24. The summed E-state index contributed by atoms with van der Waals surface area (Å²) in [6.07, 6.45) is -1.91. The van der Waals surface area contributed by atoms with Gasteiger partial charge in [-0.2, -0.15) is 0 Å². The van der Waals surface area contributed by atoms with Crippen LogP contribution in [0.1, 0.15) is 198 Å². The number of aliphatic hydroxyl groups is 2. The Morgan fingerprint density at radius 2 is 0.628 bits per heavy atom. The number of aliphatic hydroxyl groups excluding tert-OH is 2. The summed E-state index contributed by atoms with van der Waals surface area (Å²) >= 11 is 0. The molecule has 2 aliphatic heterocycles. The fraction of sp³-hybridized carbons (Fsp3) is 0.697. The van der Waals surface area contributed by atoms with Crippen LogP contribution in [0.4, 0.5) is 0 Å². The fourth-order valence-electron chi connectivity index (χ4n) is 15.2. The van der Waals surface area contributed by atoms with Gasteiger partial charge in [-0.25, -0.2) is 0 Å². The summed E-state index contributed by atoms with van der Waals surface area (Å²) in [6.45, 7) is 12.4. The topological polar surface area (TPSA) is 963 Å². The number of nitrogens with zero attached hydrogens (tertiary/aromatic N) is 2. The van der Waals surface area contributed by atoms with Gasteiger partial charge in [-0.3, -0.25) is 127 Å². The smallest absolute Gasteiger partial charge is 0.246 e. The Morgan fingerprint density at radius 3 is 1.02 bits per heavy atom. The van der Waals surface area contributed by atoms with Crippen LogP contribution in [0.2, 0.25) is 0 Å². The van der Waals surface area contributed by atoms with Crippen molar-refractivity contribution in [3.63, 3.8) is 0 Å². The van der Waals surface area contributed by atoms with E-state index in [1.54, 1.807) is 55.4 Å². The van der Waals surface area contributed by atoms with Crippen LogP contribution in [0.25, 0.3) is 0 Å². The number of amides is 23. The Hall–Kier alpha value is -14.8. The third-order valence-electron chi connectivity index (χ3n) is 22.7. The summed E-state index contributed by atoms with van der Waals surface area (Å²) in [7, 11) is 0. The molecule has 148 heavy (non-hydrogen) atoms. The highest BCUT2D eigenvalue weighted by Crippen LogP contribution is 2.26. The van der Waals surface area contributed by atoms with Gasteiger partial charge in [0.25, 0.3) is 0 Å². The molecule has 832 valence electrons. The lowest BCUT2D eigenvalue weighted by Gasteiger charge is -2.31. The van der Waals surface area contributed by atoms with Gasteiger partial charge in [0.2, 0.25) is 136 Å². The average molecular weight is 2100 g/mol. The second-order valence-electron chi connectivity index (χ2n) is 37.7. The predicted molar refractivity (Wildman–Crippen MR) is 530 cm³/mol. The second-order valence-corrected chi connectivity index (χ2v) is 37.7. The van der Waals surface area contributed by atoms with E-state index in [2.05, 4.69) is 112 Å². The number of nitrogens with two attached hydrogens (primary N) is 7. The lowest BCUT2D eigenvalue weighted by atomic mass is 9.99. The molecule has 0 saturated carbocycles. The number of rotatable bonds is 69. The van der Waals surface area contributed by atoms with E-state index < -0.39 is 328 Å². The Kier molecular flexibility index (Phi) is 58.5. The monoisotopic (exact) mass is 2100 g/mol. The molecular weight excluding hydrogens is 1950 g/mol. The van der Waals surface area contributed by atoms with Gasteiger partial charge < -0.3 is 177 Å². The highest BCUT2D eigenvalue weighted by molar-refractivity contribution is 6.02. The van der Waals surface area contributed by atoms with Gasteiger partial charge in [-0.1, -0.05) is 55.4 Å². The Bertz CT molecular complexity index is 4620. The molecule has 0 bridgehead atoms. The zero-order chi connectivity index (χ0) is 112. The normalized spacial score (nSPS) is 16.1. The first-order chi connectivity index (χ1) is 69.4. The minimum Gasteiger partial charge on any atom is -0.394 e. The minimum absolute atomic E-state index is 0.00414. The summed E-state index contributed by atoms with van der Waals surface area (Å²) in [6, 6.07) is -24.5. The van der Waals surface area contributed by atoms with Crippen molar-refractivity contribution in [1.82, 2.24) is 121 Å². The number of hydrogen-bond acceptors (Lipinski definition) is 30. The maximum Gasteiger partial charge on any atom is 0.246 e. The van der Waals surface area contributed by atoms with Crippen molar-refractivity contribution in [1.29, 1.82) is 16.2 Å². The van der Waals surface area contributed by atoms with Crippen molar-refractivity contribution in [2.45, 2.75) is 301 Å². The van der Waals surface area contributed by atoms with Crippen molar-refractivity contribution in [3.8, 4) is 0 Å². The largest absolute Gasteiger partial charge is 0.394 e. The number of carbonyl (C=O) groups excluding carboxylic acids is 24. The van der Waals surface area contributed by atoms with Crippen molar-refractivity contribution < 1.29 is 125 Å². The van der Waals surface area contributed by atoms with Gasteiger partial charge in [0.05, 0.1) is 57.9 Å². The fourth-order valence-corrected chi connectivity index (χ4v) is 15.2. The number of nitrogens with one attached hydrogen (secondary N) is 24. The van der Waals surface area contributed by atoms with Gasteiger partial charge in [0.15, 0.2) is 17.9 Å². The first kappa shape index (κ1) is 129.